The molecule has 0 radical (unpaired) electrons. The Kier molecular flexibility index (Phi) is 5.60. The van der Waals surface area contributed by atoms with Crippen molar-refractivity contribution in [3.8, 4) is 0 Å². The van der Waals surface area contributed by atoms with Crippen LogP contribution in [0.1, 0.15) is 44.6 Å². The fourth-order valence-electron chi connectivity index (χ4n) is 2.94. The van der Waals surface area contributed by atoms with Gasteiger partial charge in [-0.05, 0) is 44.6 Å². The van der Waals surface area contributed by atoms with E-state index in [1.807, 2.05) is 13.0 Å². The second-order valence-electron chi connectivity index (χ2n) is 5.92. The maximum Gasteiger partial charge on any atom is 0.222 e. The first-order valence-corrected chi connectivity index (χ1v) is 7.76. The summed E-state index contributed by atoms with van der Waals surface area (Å²) < 4.78 is 0. The molecule has 20 heavy (non-hydrogen) atoms. The van der Waals surface area contributed by atoms with Gasteiger partial charge in [-0.15, -0.1) is 0 Å². The molecular formula is C17H26N2O. The number of benzene rings is 1. The van der Waals surface area contributed by atoms with E-state index in [0.29, 0.717) is 12.5 Å². The fourth-order valence-corrected chi connectivity index (χ4v) is 2.94. The molecule has 2 rings (SSSR count). The molecule has 0 aromatic heterocycles. The van der Waals surface area contributed by atoms with Crippen LogP contribution < -0.4 is 5.73 Å². The molecule has 1 amide bonds. The average molecular weight is 274 g/mol. The topological polar surface area (TPSA) is 46.3 Å². The predicted octanol–water partition coefficient (Wildman–Crippen LogP) is 2.74. The van der Waals surface area contributed by atoms with Gasteiger partial charge < -0.3 is 10.6 Å². The minimum atomic E-state index is 0.115. The van der Waals surface area contributed by atoms with Crippen LogP contribution in [0.4, 0.5) is 0 Å². The van der Waals surface area contributed by atoms with Gasteiger partial charge in [0.05, 0.1) is 0 Å². The zero-order valence-electron chi connectivity index (χ0n) is 12.4. The zero-order valence-corrected chi connectivity index (χ0v) is 12.4. The maximum atomic E-state index is 12.2. The van der Waals surface area contributed by atoms with E-state index in [4.69, 9.17) is 5.73 Å². The standard InChI is InChI=1S/C17H26N2O/c1-14(18)9-12-17(20)19-13-5-8-16(19)11-10-15-6-3-2-4-7-15/h2-4,6-7,14,16H,5,8-13,18H2,1H3. The third-order valence-electron chi connectivity index (χ3n) is 4.12. The predicted molar refractivity (Wildman–Crippen MR) is 82.4 cm³/mol. The smallest absolute Gasteiger partial charge is 0.222 e. The molecule has 2 atom stereocenters. The Labute approximate surface area is 122 Å². The molecule has 110 valence electrons. The summed E-state index contributed by atoms with van der Waals surface area (Å²) in [7, 11) is 0. The van der Waals surface area contributed by atoms with Crippen molar-refractivity contribution in [1.82, 2.24) is 4.90 Å². The van der Waals surface area contributed by atoms with Crippen LogP contribution in [-0.4, -0.2) is 29.4 Å². The van der Waals surface area contributed by atoms with Crippen molar-refractivity contribution < 1.29 is 4.79 Å². The highest BCUT2D eigenvalue weighted by Crippen LogP contribution is 2.23. The van der Waals surface area contributed by atoms with E-state index in [1.54, 1.807) is 0 Å². The van der Waals surface area contributed by atoms with Gasteiger partial charge in [0.25, 0.3) is 0 Å². The summed E-state index contributed by atoms with van der Waals surface area (Å²) in [5, 5.41) is 0. The number of hydrogen-bond acceptors (Lipinski definition) is 2. The minimum absolute atomic E-state index is 0.115. The van der Waals surface area contributed by atoms with Gasteiger partial charge in [0.2, 0.25) is 5.91 Å². The van der Waals surface area contributed by atoms with Gasteiger partial charge in [0.15, 0.2) is 0 Å². The minimum Gasteiger partial charge on any atom is -0.340 e. The average Bonchev–Trinajstić information content (AvgIpc) is 2.92. The first kappa shape index (κ1) is 15.0. The van der Waals surface area contributed by atoms with Crippen molar-refractivity contribution in [2.45, 2.75) is 57.5 Å². The van der Waals surface area contributed by atoms with E-state index in [9.17, 15) is 4.79 Å². The summed E-state index contributed by atoms with van der Waals surface area (Å²) in [6, 6.07) is 11.1. The molecule has 1 aromatic carbocycles. The van der Waals surface area contributed by atoms with Crippen LogP contribution in [0.15, 0.2) is 30.3 Å². The van der Waals surface area contributed by atoms with Gasteiger partial charge in [-0.3, -0.25) is 4.79 Å². The van der Waals surface area contributed by atoms with Crippen LogP contribution in [0, 0.1) is 0 Å². The zero-order chi connectivity index (χ0) is 14.4. The summed E-state index contributed by atoms with van der Waals surface area (Å²) in [6.45, 7) is 2.89. The van der Waals surface area contributed by atoms with E-state index in [1.165, 1.54) is 5.56 Å². The molecule has 1 saturated heterocycles. The number of hydrogen-bond donors (Lipinski definition) is 1. The molecule has 1 heterocycles. The summed E-state index contributed by atoms with van der Waals surface area (Å²) >= 11 is 0. The Hall–Kier alpha value is -1.35. The van der Waals surface area contributed by atoms with Crippen molar-refractivity contribution in [2.24, 2.45) is 5.73 Å². The lowest BCUT2D eigenvalue weighted by Gasteiger charge is -2.25. The SMILES string of the molecule is CC(N)CCC(=O)N1CCCC1CCc1ccccc1. The lowest BCUT2D eigenvalue weighted by molar-refractivity contribution is -0.132. The maximum absolute atomic E-state index is 12.2. The molecule has 2 N–H and O–H groups in total. The van der Waals surface area contributed by atoms with Crippen molar-refractivity contribution >= 4 is 5.91 Å². The van der Waals surface area contributed by atoms with Gasteiger partial charge in [-0.25, -0.2) is 0 Å². The highest BCUT2D eigenvalue weighted by Gasteiger charge is 2.27. The van der Waals surface area contributed by atoms with E-state index < -0.39 is 0 Å². The number of carbonyl (C=O) groups excluding carboxylic acids is 1. The molecule has 3 heteroatoms. The van der Waals surface area contributed by atoms with Crippen LogP contribution in [0.2, 0.25) is 0 Å². The highest BCUT2D eigenvalue weighted by molar-refractivity contribution is 5.76. The van der Waals surface area contributed by atoms with Crippen LogP contribution in [-0.2, 0) is 11.2 Å². The van der Waals surface area contributed by atoms with E-state index >= 15 is 0 Å². The summed E-state index contributed by atoms with van der Waals surface area (Å²) in [5.41, 5.74) is 7.10. The summed E-state index contributed by atoms with van der Waals surface area (Å²) in [4.78, 5) is 14.3. The highest BCUT2D eigenvalue weighted by atomic mass is 16.2. The molecule has 3 nitrogen and oxygen atoms in total. The monoisotopic (exact) mass is 274 g/mol. The Bertz CT molecular complexity index is 416. The molecule has 1 aliphatic heterocycles. The quantitative estimate of drug-likeness (QED) is 0.867. The number of likely N-dealkylation sites (tertiary alicyclic amines) is 1. The summed E-state index contributed by atoms with van der Waals surface area (Å²) in [6.07, 6.45) is 5.82. The third kappa shape index (κ3) is 4.34. The molecular weight excluding hydrogens is 248 g/mol. The first-order valence-electron chi connectivity index (χ1n) is 7.76. The summed E-state index contributed by atoms with van der Waals surface area (Å²) in [5.74, 6) is 0.290. The number of aryl methyl sites for hydroxylation is 1. The first-order chi connectivity index (χ1) is 9.66. The molecule has 1 aromatic rings. The lowest BCUT2D eigenvalue weighted by Crippen LogP contribution is -2.36. The second kappa shape index (κ2) is 7.44. The van der Waals surface area contributed by atoms with Gasteiger partial charge in [-0.2, -0.15) is 0 Å². The largest absolute Gasteiger partial charge is 0.340 e. The fraction of sp³-hybridized carbons (Fsp3) is 0.588. The molecule has 1 aliphatic rings. The molecule has 0 aliphatic carbocycles. The van der Waals surface area contributed by atoms with Gasteiger partial charge in [0.1, 0.15) is 0 Å². The number of carbonyl (C=O) groups is 1. The Balaban J connectivity index is 1.82. The van der Waals surface area contributed by atoms with Gasteiger partial charge in [0, 0.05) is 25.0 Å². The van der Waals surface area contributed by atoms with E-state index in [-0.39, 0.29) is 11.9 Å². The molecule has 1 fully saturated rings. The van der Waals surface area contributed by atoms with Crippen LogP contribution in [0.3, 0.4) is 0 Å². The van der Waals surface area contributed by atoms with E-state index in [2.05, 4.69) is 29.2 Å². The van der Waals surface area contributed by atoms with Gasteiger partial charge >= 0.3 is 0 Å². The van der Waals surface area contributed by atoms with Crippen molar-refractivity contribution in [3.63, 3.8) is 0 Å². The molecule has 2 unspecified atom stereocenters. The van der Waals surface area contributed by atoms with Crippen molar-refractivity contribution in [2.75, 3.05) is 6.54 Å². The van der Waals surface area contributed by atoms with E-state index in [0.717, 1.165) is 38.6 Å². The van der Waals surface area contributed by atoms with Crippen molar-refractivity contribution in [1.29, 1.82) is 0 Å². The van der Waals surface area contributed by atoms with Crippen LogP contribution in [0.25, 0.3) is 0 Å². The third-order valence-corrected chi connectivity index (χ3v) is 4.12. The lowest BCUT2D eigenvalue weighted by atomic mass is 10.0. The Morgan fingerprint density at radius 2 is 2.15 bits per heavy atom. The van der Waals surface area contributed by atoms with Gasteiger partial charge in [-0.1, -0.05) is 30.3 Å². The number of nitrogens with two attached hydrogens (primary N) is 1. The van der Waals surface area contributed by atoms with Crippen molar-refractivity contribution in [3.05, 3.63) is 35.9 Å². The van der Waals surface area contributed by atoms with Crippen LogP contribution in [0.5, 0.6) is 0 Å². The normalized spacial score (nSPS) is 20.1. The van der Waals surface area contributed by atoms with Crippen LogP contribution >= 0.6 is 0 Å². The Morgan fingerprint density at radius 1 is 1.40 bits per heavy atom. The number of rotatable bonds is 6. The number of nitrogens with zero attached hydrogens (tertiary/aromatic N) is 1. The molecule has 0 bridgehead atoms. The number of amides is 1. The molecule has 0 spiro atoms. The second-order valence-corrected chi connectivity index (χ2v) is 5.92. The molecule has 0 saturated carbocycles. The Morgan fingerprint density at radius 3 is 2.85 bits per heavy atom.